The van der Waals surface area contributed by atoms with E-state index < -0.39 is 6.04 Å². The molecule has 0 bridgehead atoms. The second kappa shape index (κ2) is 10.3. The number of aryl methyl sites for hydroxylation is 1. The highest BCUT2D eigenvalue weighted by Crippen LogP contribution is 2.23. The number of carbonyl (C=O) groups is 2. The molecule has 2 aromatic carbocycles. The summed E-state index contributed by atoms with van der Waals surface area (Å²) in [5.41, 5.74) is 2.75. The van der Waals surface area contributed by atoms with Gasteiger partial charge in [0.05, 0.1) is 7.11 Å². The summed E-state index contributed by atoms with van der Waals surface area (Å²) in [6, 6.07) is 15.0. The smallest absolute Gasteiger partial charge is 0.251 e. The molecule has 1 saturated heterocycles. The van der Waals surface area contributed by atoms with Crippen LogP contribution in [0.3, 0.4) is 0 Å². The van der Waals surface area contributed by atoms with Crippen LogP contribution in [0.1, 0.15) is 42.6 Å². The first-order valence-corrected chi connectivity index (χ1v) is 10.9. The molecule has 1 fully saturated rings. The number of ether oxygens (including phenoxy) is 1. The molecule has 31 heavy (non-hydrogen) atoms. The van der Waals surface area contributed by atoms with Gasteiger partial charge in [0.2, 0.25) is 5.91 Å². The number of piperidine rings is 1. The summed E-state index contributed by atoms with van der Waals surface area (Å²) in [5, 5.41) is 6.08. The first-order valence-electron chi connectivity index (χ1n) is 10.9. The van der Waals surface area contributed by atoms with Crippen molar-refractivity contribution in [2.75, 3.05) is 25.1 Å². The molecule has 0 aliphatic carbocycles. The first-order chi connectivity index (χ1) is 14.9. The maximum Gasteiger partial charge on any atom is 0.251 e. The van der Waals surface area contributed by atoms with E-state index in [1.165, 1.54) is 0 Å². The fraction of sp³-hybridized carbons (Fsp3) is 0.440. The highest BCUT2D eigenvalue weighted by atomic mass is 16.5. The molecule has 1 unspecified atom stereocenters. The lowest BCUT2D eigenvalue weighted by Crippen LogP contribution is -2.54. The monoisotopic (exact) mass is 423 g/mol. The van der Waals surface area contributed by atoms with Crippen molar-refractivity contribution in [3.8, 4) is 5.75 Å². The third-order valence-corrected chi connectivity index (χ3v) is 5.79. The van der Waals surface area contributed by atoms with Gasteiger partial charge in [-0.05, 0) is 62.1 Å². The number of methoxy groups -OCH3 is 1. The maximum absolute atomic E-state index is 13.0. The van der Waals surface area contributed by atoms with Gasteiger partial charge in [-0.15, -0.1) is 0 Å². The lowest BCUT2D eigenvalue weighted by Gasteiger charge is -2.35. The van der Waals surface area contributed by atoms with E-state index in [9.17, 15) is 9.59 Å². The zero-order chi connectivity index (χ0) is 22.4. The Balaban J connectivity index is 1.54. The van der Waals surface area contributed by atoms with E-state index in [2.05, 4.69) is 27.7 Å². The minimum absolute atomic E-state index is 0.00635. The van der Waals surface area contributed by atoms with Gasteiger partial charge in [-0.3, -0.25) is 9.59 Å². The normalized spacial score (nSPS) is 15.5. The Hall–Kier alpha value is -3.02. The number of hydrogen-bond acceptors (Lipinski definition) is 4. The Kier molecular flexibility index (Phi) is 7.55. The molecule has 0 aromatic heterocycles. The van der Waals surface area contributed by atoms with Crippen molar-refractivity contribution in [3.63, 3.8) is 0 Å². The Morgan fingerprint density at radius 3 is 2.32 bits per heavy atom. The van der Waals surface area contributed by atoms with Crippen molar-refractivity contribution in [2.24, 2.45) is 5.92 Å². The molecule has 2 aromatic rings. The molecule has 1 aliphatic heterocycles. The van der Waals surface area contributed by atoms with E-state index in [4.69, 9.17) is 4.74 Å². The summed E-state index contributed by atoms with van der Waals surface area (Å²) < 4.78 is 5.22. The summed E-state index contributed by atoms with van der Waals surface area (Å²) in [6.07, 6.45) is 1.74. The highest BCUT2D eigenvalue weighted by molar-refractivity contribution is 5.97. The van der Waals surface area contributed by atoms with E-state index >= 15 is 0 Å². The Bertz CT molecular complexity index is 887. The van der Waals surface area contributed by atoms with Gasteiger partial charge in [0.1, 0.15) is 11.8 Å². The second-order valence-corrected chi connectivity index (χ2v) is 8.53. The number of benzene rings is 2. The SMILES string of the molecule is COc1ccc(N2CCC(NC(=O)C(NC(=O)c3cccc(C)c3)C(C)C)CC2)cc1. The topological polar surface area (TPSA) is 70.7 Å². The molecule has 1 atom stereocenters. The van der Waals surface area contributed by atoms with Crippen LogP contribution < -0.4 is 20.3 Å². The third-order valence-electron chi connectivity index (χ3n) is 5.79. The van der Waals surface area contributed by atoms with Gasteiger partial charge in [0.15, 0.2) is 0 Å². The number of hydrogen-bond donors (Lipinski definition) is 2. The highest BCUT2D eigenvalue weighted by Gasteiger charge is 2.28. The Morgan fingerprint density at radius 1 is 1.06 bits per heavy atom. The van der Waals surface area contributed by atoms with Crippen molar-refractivity contribution in [1.82, 2.24) is 10.6 Å². The van der Waals surface area contributed by atoms with Gasteiger partial charge in [-0.2, -0.15) is 0 Å². The van der Waals surface area contributed by atoms with Crippen LogP contribution in [0.4, 0.5) is 5.69 Å². The minimum Gasteiger partial charge on any atom is -0.497 e. The molecule has 3 rings (SSSR count). The van der Waals surface area contributed by atoms with E-state index in [1.54, 1.807) is 13.2 Å². The first kappa shape index (κ1) is 22.7. The zero-order valence-electron chi connectivity index (χ0n) is 18.9. The molecule has 2 N–H and O–H groups in total. The third kappa shape index (κ3) is 6.00. The van der Waals surface area contributed by atoms with Crippen LogP contribution in [-0.4, -0.2) is 44.1 Å². The average Bonchev–Trinajstić information content (AvgIpc) is 2.77. The summed E-state index contributed by atoms with van der Waals surface area (Å²) >= 11 is 0. The average molecular weight is 424 g/mol. The number of nitrogens with zero attached hydrogens (tertiary/aromatic N) is 1. The quantitative estimate of drug-likeness (QED) is 0.715. The molecular formula is C25H33N3O3. The van der Waals surface area contributed by atoms with E-state index in [0.717, 1.165) is 42.9 Å². The van der Waals surface area contributed by atoms with Gasteiger partial charge in [0.25, 0.3) is 5.91 Å². The number of rotatable bonds is 7. The molecule has 0 radical (unpaired) electrons. The standard InChI is InChI=1S/C25H33N3O3/c1-17(2)23(27-24(29)19-7-5-6-18(3)16-19)25(30)26-20-12-14-28(15-13-20)21-8-10-22(31-4)11-9-21/h5-11,16-17,20,23H,12-15H2,1-4H3,(H,26,30)(H,27,29). The number of amides is 2. The van der Waals surface area contributed by atoms with Crippen LogP contribution in [0.25, 0.3) is 0 Å². The second-order valence-electron chi connectivity index (χ2n) is 8.53. The van der Waals surface area contributed by atoms with E-state index in [-0.39, 0.29) is 23.8 Å². The number of anilines is 1. The number of nitrogens with one attached hydrogen (secondary N) is 2. The molecule has 6 heteroatoms. The largest absolute Gasteiger partial charge is 0.497 e. The van der Waals surface area contributed by atoms with Crippen molar-refractivity contribution < 1.29 is 14.3 Å². The van der Waals surface area contributed by atoms with Gasteiger partial charge in [0, 0.05) is 30.4 Å². The molecule has 6 nitrogen and oxygen atoms in total. The van der Waals surface area contributed by atoms with Crippen molar-refractivity contribution in [1.29, 1.82) is 0 Å². The molecule has 2 amide bonds. The van der Waals surface area contributed by atoms with Gasteiger partial charge in [-0.1, -0.05) is 31.5 Å². The van der Waals surface area contributed by atoms with Crippen molar-refractivity contribution >= 4 is 17.5 Å². The summed E-state index contributed by atoms with van der Waals surface area (Å²) in [4.78, 5) is 27.9. The molecule has 0 saturated carbocycles. The summed E-state index contributed by atoms with van der Waals surface area (Å²) in [7, 11) is 1.66. The van der Waals surface area contributed by atoms with Crippen molar-refractivity contribution in [3.05, 3.63) is 59.7 Å². The zero-order valence-corrected chi connectivity index (χ0v) is 18.9. The van der Waals surface area contributed by atoms with E-state index in [1.807, 2.05) is 51.1 Å². The van der Waals surface area contributed by atoms with Gasteiger partial charge < -0.3 is 20.3 Å². The van der Waals surface area contributed by atoms with Gasteiger partial charge in [-0.25, -0.2) is 0 Å². The lowest BCUT2D eigenvalue weighted by atomic mass is 9.99. The summed E-state index contributed by atoms with van der Waals surface area (Å²) in [5.74, 6) is 0.511. The molecule has 1 heterocycles. The van der Waals surface area contributed by atoms with Crippen LogP contribution in [0.5, 0.6) is 5.75 Å². The predicted molar refractivity (Wildman–Crippen MR) is 124 cm³/mol. The molecule has 0 spiro atoms. The molecular weight excluding hydrogens is 390 g/mol. The predicted octanol–water partition coefficient (Wildman–Crippen LogP) is 3.54. The number of carbonyl (C=O) groups excluding carboxylic acids is 2. The van der Waals surface area contributed by atoms with Crippen molar-refractivity contribution in [2.45, 2.75) is 45.7 Å². The van der Waals surface area contributed by atoms with Crippen LogP contribution >= 0.6 is 0 Å². The van der Waals surface area contributed by atoms with Crippen LogP contribution in [0, 0.1) is 12.8 Å². The lowest BCUT2D eigenvalue weighted by molar-refractivity contribution is -0.124. The Morgan fingerprint density at radius 2 is 1.74 bits per heavy atom. The maximum atomic E-state index is 13.0. The molecule has 166 valence electrons. The summed E-state index contributed by atoms with van der Waals surface area (Å²) in [6.45, 7) is 7.60. The van der Waals surface area contributed by atoms with Crippen LogP contribution in [0.2, 0.25) is 0 Å². The van der Waals surface area contributed by atoms with Crippen LogP contribution in [0.15, 0.2) is 48.5 Å². The minimum atomic E-state index is -0.562. The van der Waals surface area contributed by atoms with Crippen LogP contribution in [-0.2, 0) is 4.79 Å². The fourth-order valence-electron chi connectivity index (χ4n) is 3.91. The Labute approximate surface area is 185 Å². The van der Waals surface area contributed by atoms with Gasteiger partial charge >= 0.3 is 0 Å². The molecule has 1 aliphatic rings. The van der Waals surface area contributed by atoms with E-state index in [0.29, 0.717) is 5.56 Å². The fourth-order valence-corrected chi connectivity index (χ4v) is 3.91.